The Morgan fingerprint density at radius 3 is 2.67 bits per heavy atom. The third-order valence-electron chi connectivity index (χ3n) is 4.37. The molecule has 0 radical (unpaired) electrons. The van der Waals surface area contributed by atoms with E-state index in [1.165, 1.54) is 11.3 Å². The molecule has 1 unspecified atom stereocenters. The highest BCUT2D eigenvalue weighted by atomic mass is 16.5. The molecule has 0 aliphatic carbocycles. The van der Waals surface area contributed by atoms with Gasteiger partial charge in [0.2, 0.25) is 0 Å². The Labute approximate surface area is 124 Å². The van der Waals surface area contributed by atoms with Gasteiger partial charge >= 0.3 is 0 Å². The van der Waals surface area contributed by atoms with Crippen LogP contribution in [0.3, 0.4) is 0 Å². The fourth-order valence-electron chi connectivity index (χ4n) is 3.28. The molecule has 0 amide bonds. The Morgan fingerprint density at radius 2 is 2.00 bits per heavy atom. The predicted octanol–water partition coefficient (Wildman–Crippen LogP) is 3.09. The molecule has 108 valence electrons. The number of aromatic nitrogens is 1. The molecule has 1 atom stereocenters. The van der Waals surface area contributed by atoms with E-state index in [1.54, 1.807) is 14.2 Å². The molecule has 0 saturated carbocycles. The summed E-state index contributed by atoms with van der Waals surface area (Å²) in [4.78, 5) is 0. The molecule has 1 aliphatic rings. The molecule has 0 N–H and O–H groups in total. The molecule has 3 rings (SSSR count). The first-order chi connectivity index (χ1) is 10.1. The SMILES string of the molecule is COc1cc2c(cc1OC)C(C)(CC#N)c1cccn1C2. The van der Waals surface area contributed by atoms with Gasteiger partial charge in [0.1, 0.15) is 0 Å². The van der Waals surface area contributed by atoms with E-state index in [9.17, 15) is 5.26 Å². The van der Waals surface area contributed by atoms with Gasteiger partial charge < -0.3 is 14.0 Å². The van der Waals surface area contributed by atoms with Gasteiger partial charge in [-0.1, -0.05) is 0 Å². The zero-order chi connectivity index (χ0) is 15.0. The molecule has 0 spiro atoms. The number of nitriles is 1. The van der Waals surface area contributed by atoms with Crippen LogP contribution in [0.5, 0.6) is 11.5 Å². The zero-order valence-corrected chi connectivity index (χ0v) is 12.5. The minimum Gasteiger partial charge on any atom is -0.493 e. The Bertz CT molecular complexity index is 727. The molecule has 4 heteroatoms. The van der Waals surface area contributed by atoms with E-state index in [0.717, 1.165) is 17.9 Å². The minimum absolute atomic E-state index is 0.328. The van der Waals surface area contributed by atoms with Gasteiger partial charge in [-0.25, -0.2) is 0 Å². The van der Waals surface area contributed by atoms with Crippen LogP contribution in [-0.4, -0.2) is 18.8 Å². The van der Waals surface area contributed by atoms with E-state index in [-0.39, 0.29) is 5.41 Å². The third kappa shape index (κ3) is 1.89. The first-order valence-corrected chi connectivity index (χ1v) is 6.92. The number of hydrogen-bond donors (Lipinski definition) is 0. The van der Waals surface area contributed by atoms with Crippen molar-refractivity contribution < 1.29 is 9.47 Å². The van der Waals surface area contributed by atoms with E-state index < -0.39 is 0 Å². The van der Waals surface area contributed by atoms with Crippen LogP contribution >= 0.6 is 0 Å². The second kappa shape index (κ2) is 4.85. The van der Waals surface area contributed by atoms with Crippen molar-refractivity contribution in [1.29, 1.82) is 5.26 Å². The van der Waals surface area contributed by atoms with Gasteiger partial charge in [0.25, 0.3) is 0 Å². The average Bonchev–Trinajstić information content (AvgIpc) is 2.96. The lowest BCUT2D eigenvalue weighted by atomic mass is 9.73. The monoisotopic (exact) mass is 282 g/mol. The number of benzene rings is 1. The lowest BCUT2D eigenvalue weighted by Crippen LogP contribution is -2.32. The van der Waals surface area contributed by atoms with E-state index in [1.807, 2.05) is 18.2 Å². The number of rotatable bonds is 3. The quantitative estimate of drug-likeness (QED) is 0.869. The van der Waals surface area contributed by atoms with Crippen molar-refractivity contribution in [2.75, 3.05) is 14.2 Å². The molecule has 2 heterocycles. The summed E-state index contributed by atoms with van der Waals surface area (Å²) in [6, 6.07) is 10.5. The Hall–Kier alpha value is -2.41. The van der Waals surface area contributed by atoms with Gasteiger partial charge in [-0.05, 0) is 42.3 Å². The van der Waals surface area contributed by atoms with Gasteiger partial charge in [-0.15, -0.1) is 0 Å². The van der Waals surface area contributed by atoms with Gasteiger partial charge in [-0.3, -0.25) is 0 Å². The summed E-state index contributed by atoms with van der Waals surface area (Å²) in [5.74, 6) is 1.44. The van der Waals surface area contributed by atoms with Crippen LogP contribution in [0.4, 0.5) is 0 Å². The van der Waals surface area contributed by atoms with Gasteiger partial charge in [0.05, 0.1) is 26.7 Å². The summed E-state index contributed by atoms with van der Waals surface area (Å²) in [6.07, 6.45) is 2.49. The van der Waals surface area contributed by atoms with E-state index in [0.29, 0.717) is 12.2 Å². The fourth-order valence-corrected chi connectivity index (χ4v) is 3.28. The predicted molar refractivity (Wildman–Crippen MR) is 79.8 cm³/mol. The molecular formula is C17H18N2O2. The summed E-state index contributed by atoms with van der Waals surface area (Å²) in [5, 5.41) is 9.28. The van der Waals surface area contributed by atoms with E-state index in [2.05, 4.69) is 29.8 Å². The first kappa shape index (κ1) is 13.6. The largest absolute Gasteiger partial charge is 0.493 e. The Morgan fingerprint density at radius 1 is 1.29 bits per heavy atom. The smallest absolute Gasteiger partial charge is 0.161 e. The minimum atomic E-state index is -0.328. The van der Waals surface area contributed by atoms with Crippen molar-refractivity contribution in [3.63, 3.8) is 0 Å². The molecule has 0 bridgehead atoms. The van der Waals surface area contributed by atoms with Crippen molar-refractivity contribution in [1.82, 2.24) is 4.57 Å². The first-order valence-electron chi connectivity index (χ1n) is 6.92. The van der Waals surface area contributed by atoms with Crippen LogP contribution in [0.25, 0.3) is 0 Å². The highest BCUT2D eigenvalue weighted by molar-refractivity contribution is 5.54. The van der Waals surface area contributed by atoms with E-state index in [4.69, 9.17) is 9.47 Å². The van der Waals surface area contributed by atoms with Crippen LogP contribution in [0.15, 0.2) is 30.5 Å². The zero-order valence-electron chi connectivity index (χ0n) is 12.5. The Kier molecular flexibility index (Phi) is 3.13. The lowest BCUT2D eigenvalue weighted by Gasteiger charge is -2.36. The summed E-state index contributed by atoms with van der Waals surface area (Å²) >= 11 is 0. The van der Waals surface area contributed by atoms with Gasteiger partial charge in [0, 0.05) is 23.9 Å². The molecule has 4 nitrogen and oxygen atoms in total. The van der Waals surface area contributed by atoms with Crippen molar-refractivity contribution >= 4 is 0 Å². The second-order valence-electron chi connectivity index (χ2n) is 5.55. The molecule has 21 heavy (non-hydrogen) atoms. The topological polar surface area (TPSA) is 47.2 Å². The molecular weight excluding hydrogens is 264 g/mol. The third-order valence-corrected chi connectivity index (χ3v) is 4.37. The van der Waals surface area contributed by atoms with E-state index >= 15 is 0 Å². The maximum absolute atomic E-state index is 9.28. The summed E-state index contributed by atoms with van der Waals surface area (Å²) < 4.78 is 13.0. The fraction of sp³-hybridized carbons (Fsp3) is 0.353. The highest BCUT2D eigenvalue weighted by Crippen LogP contribution is 2.45. The Balaban J connectivity index is 2.25. The van der Waals surface area contributed by atoms with Crippen molar-refractivity contribution in [2.45, 2.75) is 25.3 Å². The molecule has 0 saturated heterocycles. The number of hydrogen-bond acceptors (Lipinski definition) is 3. The van der Waals surface area contributed by atoms with Crippen LogP contribution < -0.4 is 9.47 Å². The van der Waals surface area contributed by atoms with Crippen molar-refractivity contribution in [3.8, 4) is 17.6 Å². The number of methoxy groups -OCH3 is 2. The highest BCUT2D eigenvalue weighted by Gasteiger charge is 2.37. The van der Waals surface area contributed by atoms with Crippen molar-refractivity contribution in [2.24, 2.45) is 0 Å². The molecule has 2 aromatic rings. The second-order valence-corrected chi connectivity index (χ2v) is 5.55. The molecule has 1 aromatic carbocycles. The van der Waals surface area contributed by atoms with Crippen LogP contribution in [-0.2, 0) is 12.0 Å². The number of fused-ring (bicyclic) bond motifs is 2. The summed E-state index contributed by atoms with van der Waals surface area (Å²) in [5.41, 5.74) is 3.16. The standard InChI is InChI=1S/C17H18N2O2/c1-17(6-7-18)13-10-15(21-3)14(20-2)9-12(13)11-19-8-4-5-16(17)19/h4-5,8-10H,6,11H2,1-3H3. The average molecular weight is 282 g/mol. The van der Waals surface area contributed by atoms with Crippen LogP contribution in [0, 0.1) is 11.3 Å². The van der Waals surface area contributed by atoms with Crippen LogP contribution in [0.2, 0.25) is 0 Å². The molecule has 1 aliphatic heterocycles. The molecule has 0 fully saturated rings. The van der Waals surface area contributed by atoms with Gasteiger partial charge in [-0.2, -0.15) is 5.26 Å². The number of nitrogens with zero attached hydrogens (tertiary/aromatic N) is 2. The maximum Gasteiger partial charge on any atom is 0.161 e. The normalized spacial score (nSPS) is 19.3. The summed E-state index contributed by atoms with van der Waals surface area (Å²) in [6.45, 7) is 2.91. The van der Waals surface area contributed by atoms with Crippen molar-refractivity contribution in [3.05, 3.63) is 47.3 Å². The van der Waals surface area contributed by atoms with Crippen LogP contribution in [0.1, 0.15) is 30.2 Å². The number of ether oxygens (including phenoxy) is 2. The summed E-state index contributed by atoms with van der Waals surface area (Å²) in [7, 11) is 3.28. The maximum atomic E-state index is 9.28. The molecule has 1 aromatic heterocycles. The lowest BCUT2D eigenvalue weighted by molar-refractivity contribution is 0.351. The van der Waals surface area contributed by atoms with Gasteiger partial charge in [0.15, 0.2) is 11.5 Å².